The number of nitrogens with zero attached hydrogens (tertiary/aromatic N) is 1. The predicted molar refractivity (Wildman–Crippen MR) is 69.0 cm³/mol. The maximum atomic E-state index is 11.3. The monoisotopic (exact) mass is 272 g/mol. The van der Waals surface area contributed by atoms with E-state index < -0.39 is 9.84 Å². The Labute approximate surface area is 108 Å². The number of sulfone groups is 1. The Morgan fingerprint density at radius 1 is 1.39 bits per heavy atom. The summed E-state index contributed by atoms with van der Waals surface area (Å²) in [6.07, 6.45) is 5.64. The number of aryl methyl sites for hydroxylation is 1. The molecule has 1 fully saturated rings. The van der Waals surface area contributed by atoms with E-state index in [2.05, 4.69) is 4.98 Å². The van der Waals surface area contributed by atoms with Gasteiger partial charge >= 0.3 is 0 Å². The molecule has 0 radical (unpaired) electrons. The SMILES string of the molecule is NCCCc1coc(CC2CCS(=O)(=O)CC2)n1. The molecule has 1 aliphatic heterocycles. The normalized spacial score (nSPS) is 20.1. The molecule has 0 aliphatic carbocycles. The van der Waals surface area contributed by atoms with Crippen molar-refractivity contribution in [1.29, 1.82) is 0 Å². The van der Waals surface area contributed by atoms with E-state index in [9.17, 15) is 8.42 Å². The minimum Gasteiger partial charge on any atom is -0.449 e. The second-order valence-electron chi connectivity index (χ2n) is 4.92. The maximum Gasteiger partial charge on any atom is 0.194 e. The van der Waals surface area contributed by atoms with Gasteiger partial charge in [0.2, 0.25) is 0 Å². The molecule has 0 aromatic carbocycles. The molecule has 5 nitrogen and oxygen atoms in total. The Morgan fingerprint density at radius 3 is 2.78 bits per heavy atom. The first-order valence-electron chi connectivity index (χ1n) is 6.43. The van der Waals surface area contributed by atoms with Gasteiger partial charge in [-0.2, -0.15) is 0 Å². The summed E-state index contributed by atoms with van der Waals surface area (Å²) in [5, 5.41) is 0. The number of hydrogen-bond acceptors (Lipinski definition) is 5. The molecule has 2 N–H and O–H groups in total. The molecule has 6 heteroatoms. The topological polar surface area (TPSA) is 86.2 Å². The molecule has 0 unspecified atom stereocenters. The van der Waals surface area contributed by atoms with Crippen molar-refractivity contribution in [1.82, 2.24) is 4.98 Å². The zero-order valence-electron chi connectivity index (χ0n) is 10.5. The third-order valence-corrected chi connectivity index (χ3v) is 5.09. The summed E-state index contributed by atoms with van der Waals surface area (Å²) < 4.78 is 28.1. The highest BCUT2D eigenvalue weighted by atomic mass is 32.2. The first kappa shape index (κ1) is 13.5. The van der Waals surface area contributed by atoms with E-state index in [0.717, 1.165) is 43.7 Å². The average molecular weight is 272 g/mol. The van der Waals surface area contributed by atoms with Gasteiger partial charge in [0, 0.05) is 6.42 Å². The van der Waals surface area contributed by atoms with Gasteiger partial charge in [-0.15, -0.1) is 0 Å². The quantitative estimate of drug-likeness (QED) is 0.861. The van der Waals surface area contributed by atoms with Gasteiger partial charge in [0.25, 0.3) is 0 Å². The molecule has 1 saturated heterocycles. The van der Waals surface area contributed by atoms with Crippen LogP contribution in [0.25, 0.3) is 0 Å². The van der Waals surface area contributed by atoms with Gasteiger partial charge < -0.3 is 10.2 Å². The molecule has 1 aromatic rings. The van der Waals surface area contributed by atoms with Gasteiger partial charge in [-0.25, -0.2) is 13.4 Å². The number of oxazole rings is 1. The van der Waals surface area contributed by atoms with Crippen molar-refractivity contribution in [3.05, 3.63) is 17.8 Å². The summed E-state index contributed by atoms with van der Waals surface area (Å²) in [7, 11) is -2.78. The van der Waals surface area contributed by atoms with Crippen LogP contribution in [0.2, 0.25) is 0 Å². The van der Waals surface area contributed by atoms with E-state index in [1.165, 1.54) is 0 Å². The summed E-state index contributed by atoms with van der Waals surface area (Å²) >= 11 is 0. The molecule has 0 atom stereocenters. The number of aromatic nitrogens is 1. The fourth-order valence-electron chi connectivity index (χ4n) is 2.23. The Kier molecular flexibility index (Phi) is 4.40. The molecule has 2 heterocycles. The van der Waals surface area contributed by atoms with Crippen molar-refractivity contribution in [2.45, 2.75) is 32.1 Å². The largest absolute Gasteiger partial charge is 0.449 e. The summed E-state index contributed by atoms with van der Waals surface area (Å²) in [5.41, 5.74) is 6.39. The van der Waals surface area contributed by atoms with Crippen LogP contribution in [0.5, 0.6) is 0 Å². The number of hydrogen-bond donors (Lipinski definition) is 1. The minimum absolute atomic E-state index is 0.304. The molecule has 102 valence electrons. The van der Waals surface area contributed by atoms with E-state index >= 15 is 0 Å². The lowest BCUT2D eigenvalue weighted by atomic mass is 9.99. The molecule has 18 heavy (non-hydrogen) atoms. The Balaban J connectivity index is 1.84. The fourth-order valence-corrected chi connectivity index (χ4v) is 3.82. The van der Waals surface area contributed by atoms with E-state index in [1.807, 2.05) is 0 Å². The van der Waals surface area contributed by atoms with E-state index in [1.54, 1.807) is 6.26 Å². The van der Waals surface area contributed by atoms with Crippen LogP contribution in [0.4, 0.5) is 0 Å². The maximum absolute atomic E-state index is 11.3. The van der Waals surface area contributed by atoms with Crippen LogP contribution in [-0.4, -0.2) is 31.5 Å². The minimum atomic E-state index is -2.78. The predicted octanol–water partition coefficient (Wildman–Crippen LogP) is 0.933. The molecule has 1 aliphatic rings. The molecule has 2 rings (SSSR count). The lowest BCUT2D eigenvalue weighted by Crippen LogP contribution is -2.24. The van der Waals surface area contributed by atoms with Crippen molar-refractivity contribution < 1.29 is 12.8 Å². The van der Waals surface area contributed by atoms with E-state index in [0.29, 0.717) is 24.0 Å². The van der Waals surface area contributed by atoms with Gasteiger partial charge in [-0.3, -0.25) is 0 Å². The molecule has 1 aromatic heterocycles. The molecular formula is C12H20N2O3S. The van der Waals surface area contributed by atoms with Crippen LogP contribution >= 0.6 is 0 Å². The van der Waals surface area contributed by atoms with Crippen LogP contribution in [0.15, 0.2) is 10.7 Å². The van der Waals surface area contributed by atoms with Gasteiger partial charge in [0.05, 0.1) is 17.2 Å². The third kappa shape index (κ3) is 3.81. The van der Waals surface area contributed by atoms with Crippen molar-refractivity contribution in [3.8, 4) is 0 Å². The molecule has 0 amide bonds. The summed E-state index contributed by atoms with van der Waals surface area (Å²) in [6.45, 7) is 0.655. The zero-order valence-corrected chi connectivity index (χ0v) is 11.3. The highest BCUT2D eigenvalue weighted by Gasteiger charge is 2.24. The van der Waals surface area contributed by atoms with E-state index in [4.69, 9.17) is 10.2 Å². The molecular weight excluding hydrogens is 252 g/mol. The summed E-state index contributed by atoms with van der Waals surface area (Å²) in [4.78, 5) is 4.41. The lowest BCUT2D eigenvalue weighted by Gasteiger charge is -2.20. The Morgan fingerprint density at radius 2 is 2.11 bits per heavy atom. The van der Waals surface area contributed by atoms with Crippen molar-refractivity contribution in [2.75, 3.05) is 18.1 Å². The molecule has 0 bridgehead atoms. The van der Waals surface area contributed by atoms with E-state index in [-0.39, 0.29) is 0 Å². The highest BCUT2D eigenvalue weighted by molar-refractivity contribution is 7.91. The van der Waals surface area contributed by atoms with Crippen LogP contribution in [0.3, 0.4) is 0 Å². The van der Waals surface area contributed by atoms with Gasteiger partial charge in [0.1, 0.15) is 16.1 Å². The second kappa shape index (κ2) is 5.84. The van der Waals surface area contributed by atoms with Crippen LogP contribution in [0, 0.1) is 5.92 Å². The van der Waals surface area contributed by atoms with Gasteiger partial charge in [-0.05, 0) is 38.1 Å². The Hall–Kier alpha value is -0.880. The molecule has 0 spiro atoms. The summed E-state index contributed by atoms with van der Waals surface area (Å²) in [6, 6.07) is 0. The number of nitrogens with two attached hydrogens (primary N) is 1. The smallest absolute Gasteiger partial charge is 0.194 e. The third-order valence-electron chi connectivity index (χ3n) is 3.37. The lowest BCUT2D eigenvalue weighted by molar-refractivity contribution is 0.399. The highest BCUT2D eigenvalue weighted by Crippen LogP contribution is 2.22. The number of rotatable bonds is 5. The van der Waals surface area contributed by atoms with Gasteiger partial charge in [0.15, 0.2) is 5.89 Å². The second-order valence-corrected chi connectivity index (χ2v) is 7.23. The molecule has 0 saturated carbocycles. The van der Waals surface area contributed by atoms with Crippen LogP contribution in [0.1, 0.15) is 30.8 Å². The standard InChI is InChI=1S/C12H20N2O3S/c13-5-1-2-11-9-17-12(14-11)8-10-3-6-18(15,16)7-4-10/h9-10H,1-8,13H2. The van der Waals surface area contributed by atoms with Crippen LogP contribution < -0.4 is 5.73 Å². The Bertz CT molecular complexity index is 467. The summed E-state index contributed by atoms with van der Waals surface area (Å²) in [5.74, 6) is 1.72. The van der Waals surface area contributed by atoms with Crippen molar-refractivity contribution in [3.63, 3.8) is 0 Å². The first-order valence-corrected chi connectivity index (χ1v) is 8.25. The fraction of sp³-hybridized carbons (Fsp3) is 0.750. The van der Waals surface area contributed by atoms with Crippen molar-refractivity contribution >= 4 is 9.84 Å². The van der Waals surface area contributed by atoms with Gasteiger partial charge in [-0.1, -0.05) is 0 Å². The van der Waals surface area contributed by atoms with Crippen LogP contribution in [-0.2, 0) is 22.7 Å². The van der Waals surface area contributed by atoms with Crippen molar-refractivity contribution in [2.24, 2.45) is 11.7 Å². The average Bonchev–Trinajstić information content (AvgIpc) is 2.77. The first-order chi connectivity index (χ1) is 8.59. The zero-order chi connectivity index (χ0) is 13.0.